The van der Waals surface area contributed by atoms with Gasteiger partial charge in [-0.15, -0.1) is 0 Å². The lowest BCUT2D eigenvalue weighted by Crippen LogP contribution is -2.31. The van der Waals surface area contributed by atoms with Crippen molar-refractivity contribution in [2.24, 2.45) is 0 Å². The van der Waals surface area contributed by atoms with Gasteiger partial charge in [0.05, 0.1) is 5.69 Å². The Morgan fingerprint density at radius 3 is 2.76 bits per heavy atom. The summed E-state index contributed by atoms with van der Waals surface area (Å²) < 4.78 is 1.74. The number of aromatic nitrogens is 4. The van der Waals surface area contributed by atoms with Crippen molar-refractivity contribution in [3.05, 3.63) is 17.0 Å². The molecule has 6 heteroatoms. The maximum atomic E-state index is 6.37. The summed E-state index contributed by atoms with van der Waals surface area (Å²) in [4.78, 5) is 10.7. The molecule has 2 aromatic heterocycles. The number of halogens is 1. The van der Waals surface area contributed by atoms with Crippen LogP contribution >= 0.6 is 11.6 Å². The average Bonchev–Trinajstić information content (AvgIpc) is 2.79. The molecule has 1 saturated heterocycles. The molecule has 0 spiro atoms. The van der Waals surface area contributed by atoms with E-state index in [4.69, 9.17) is 11.6 Å². The van der Waals surface area contributed by atoms with Crippen LogP contribution in [0.1, 0.15) is 25.0 Å². The zero-order valence-electron chi connectivity index (χ0n) is 9.73. The van der Waals surface area contributed by atoms with Crippen LogP contribution in [0.15, 0.2) is 6.33 Å². The van der Waals surface area contributed by atoms with Gasteiger partial charge in [0.25, 0.3) is 5.78 Å². The van der Waals surface area contributed by atoms with Crippen molar-refractivity contribution < 1.29 is 0 Å². The zero-order chi connectivity index (χ0) is 11.8. The third kappa shape index (κ3) is 1.74. The van der Waals surface area contributed by atoms with Crippen molar-refractivity contribution in [3.63, 3.8) is 0 Å². The minimum absolute atomic E-state index is 0.618. The summed E-state index contributed by atoms with van der Waals surface area (Å²) in [6, 6.07) is 0. The zero-order valence-corrected chi connectivity index (χ0v) is 10.5. The quantitative estimate of drug-likeness (QED) is 0.779. The fourth-order valence-corrected chi connectivity index (χ4v) is 2.54. The molecule has 1 fully saturated rings. The van der Waals surface area contributed by atoms with Crippen molar-refractivity contribution in [3.8, 4) is 0 Å². The second-order valence-corrected chi connectivity index (χ2v) is 4.73. The highest BCUT2D eigenvalue weighted by molar-refractivity contribution is 6.33. The fraction of sp³-hybridized carbons (Fsp3) is 0.545. The highest BCUT2D eigenvalue weighted by Crippen LogP contribution is 2.29. The van der Waals surface area contributed by atoms with E-state index < -0.39 is 0 Å². The molecule has 0 bridgehead atoms. The standard InChI is InChI=1S/C11H14ClN5/c1-8-9(12)10(16-5-3-2-4-6-16)17-11(15-8)13-7-14-17/h7H,2-6H2,1H3. The Morgan fingerprint density at radius 2 is 2.00 bits per heavy atom. The Labute approximate surface area is 104 Å². The number of hydrogen-bond acceptors (Lipinski definition) is 4. The molecule has 1 aliphatic heterocycles. The van der Waals surface area contributed by atoms with Gasteiger partial charge in [-0.05, 0) is 26.2 Å². The second-order valence-electron chi connectivity index (χ2n) is 4.35. The molecule has 2 aromatic rings. The molecule has 0 atom stereocenters. The van der Waals surface area contributed by atoms with Crippen molar-refractivity contribution in [2.75, 3.05) is 18.0 Å². The van der Waals surface area contributed by atoms with Gasteiger partial charge in [-0.25, -0.2) is 4.98 Å². The molecule has 5 nitrogen and oxygen atoms in total. The molecular formula is C11H14ClN5. The number of nitrogens with zero attached hydrogens (tertiary/aromatic N) is 5. The summed E-state index contributed by atoms with van der Waals surface area (Å²) in [7, 11) is 0. The molecule has 0 aromatic carbocycles. The molecule has 0 unspecified atom stereocenters. The van der Waals surface area contributed by atoms with Crippen molar-refractivity contribution in [2.45, 2.75) is 26.2 Å². The number of rotatable bonds is 1. The maximum Gasteiger partial charge on any atom is 0.254 e. The predicted octanol–water partition coefficient (Wildman–Crippen LogP) is 2.08. The first kappa shape index (κ1) is 10.8. The van der Waals surface area contributed by atoms with E-state index >= 15 is 0 Å². The highest BCUT2D eigenvalue weighted by Gasteiger charge is 2.20. The summed E-state index contributed by atoms with van der Waals surface area (Å²) in [5.74, 6) is 1.55. The molecule has 90 valence electrons. The second kappa shape index (κ2) is 4.14. The van der Waals surface area contributed by atoms with Crippen LogP contribution in [0.25, 0.3) is 5.78 Å². The number of aryl methyl sites for hydroxylation is 1. The van der Waals surface area contributed by atoms with Crippen LogP contribution in [-0.2, 0) is 0 Å². The SMILES string of the molecule is Cc1nc2ncnn2c(N2CCCCC2)c1Cl. The lowest BCUT2D eigenvalue weighted by molar-refractivity contribution is 0.568. The van der Waals surface area contributed by atoms with E-state index in [0.29, 0.717) is 10.8 Å². The normalized spacial score (nSPS) is 16.7. The van der Waals surface area contributed by atoms with Gasteiger partial charge in [-0.3, -0.25) is 0 Å². The van der Waals surface area contributed by atoms with Crippen molar-refractivity contribution in [1.29, 1.82) is 0 Å². The number of anilines is 1. The Bertz CT molecular complexity index is 544. The Morgan fingerprint density at radius 1 is 1.24 bits per heavy atom. The summed E-state index contributed by atoms with van der Waals surface area (Å²) in [5, 5.41) is 4.90. The first-order valence-electron chi connectivity index (χ1n) is 5.88. The van der Waals surface area contributed by atoms with Gasteiger partial charge in [0.2, 0.25) is 0 Å². The highest BCUT2D eigenvalue weighted by atomic mass is 35.5. The van der Waals surface area contributed by atoms with Gasteiger partial charge in [-0.1, -0.05) is 11.6 Å². The predicted molar refractivity (Wildman–Crippen MR) is 66.6 cm³/mol. The van der Waals surface area contributed by atoms with Crippen LogP contribution in [0.2, 0.25) is 5.02 Å². The third-order valence-corrected chi connectivity index (χ3v) is 3.61. The van der Waals surface area contributed by atoms with E-state index in [0.717, 1.165) is 24.6 Å². The summed E-state index contributed by atoms with van der Waals surface area (Å²) >= 11 is 6.37. The lowest BCUT2D eigenvalue weighted by atomic mass is 10.1. The third-order valence-electron chi connectivity index (χ3n) is 3.17. The van der Waals surface area contributed by atoms with E-state index in [9.17, 15) is 0 Å². The van der Waals surface area contributed by atoms with Gasteiger partial charge >= 0.3 is 0 Å². The van der Waals surface area contributed by atoms with Crippen molar-refractivity contribution in [1.82, 2.24) is 19.6 Å². The molecule has 3 heterocycles. The Hall–Kier alpha value is -1.36. The molecule has 0 N–H and O–H groups in total. The van der Waals surface area contributed by atoms with E-state index in [-0.39, 0.29) is 0 Å². The number of piperidine rings is 1. The summed E-state index contributed by atoms with van der Waals surface area (Å²) in [5.41, 5.74) is 0.813. The summed E-state index contributed by atoms with van der Waals surface area (Å²) in [6.07, 6.45) is 5.21. The van der Waals surface area contributed by atoms with Gasteiger partial charge in [0.15, 0.2) is 5.82 Å². The topological polar surface area (TPSA) is 46.3 Å². The molecule has 0 saturated carbocycles. The van der Waals surface area contributed by atoms with E-state index in [2.05, 4.69) is 20.0 Å². The first-order chi connectivity index (χ1) is 8.27. The molecule has 1 aliphatic rings. The van der Waals surface area contributed by atoms with Crippen LogP contribution in [0, 0.1) is 6.92 Å². The molecule has 0 radical (unpaired) electrons. The first-order valence-corrected chi connectivity index (χ1v) is 6.26. The minimum atomic E-state index is 0.618. The Balaban J connectivity index is 2.18. The smallest absolute Gasteiger partial charge is 0.254 e. The largest absolute Gasteiger partial charge is 0.355 e. The van der Waals surface area contributed by atoms with Gasteiger partial charge < -0.3 is 4.90 Å². The lowest BCUT2D eigenvalue weighted by Gasteiger charge is -2.29. The molecule has 3 rings (SSSR count). The minimum Gasteiger partial charge on any atom is -0.355 e. The van der Waals surface area contributed by atoms with Crippen molar-refractivity contribution >= 4 is 23.2 Å². The van der Waals surface area contributed by atoms with Crippen LogP contribution in [0.3, 0.4) is 0 Å². The van der Waals surface area contributed by atoms with Crippen LogP contribution in [0.5, 0.6) is 0 Å². The molecular weight excluding hydrogens is 238 g/mol. The monoisotopic (exact) mass is 251 g/mol. The number of hydrogen-bond donors (Lipinski definition) is 0. The van der Waals surface area contributed by atoms with Crippen LogP contribution in [-0.4, -0.2) is 32.7 Å². The van der Waals surface area contributed by atoms with E-state index in [1.54, 1.807) is 4.52 Å². The Kier molecular flexibility index (Phi) is 2.63. The van der Waals surface area contributed by atoms with Gasteiger partial charge in [-0.2, -0.15) is 14.6 Å². The van der Waals surface area contributed by atoms with Crippen LogP contribution < -0.4 is 4.90 Å². The fourth-order valence-electron chi connectivity index (χ4n) is 2.29. The van der Waals surface area contributed by atoms with E-state index in [1.807, 2.05) is 6.92 Å². The molecule has 0 aliphatic carbocycles. The van der Waals surface area contributed by atoms with Crippen LogP contribution in [0.4, 0.5) is 5.82 Å². The maximum absolute atomic E-state index is 6.37. The summed E-state index contributed by atoms with van der Waals surface area (Å²) in [6.45, 7) is 3.96. The van der Waals surface area contributed by atoms with Gasteiger partial charge in [0.1, 0.15) is 11.3 Å². The number of fused-ring (bicyclic) bond motifs is 1. The molecule has 0 amide bonds. The van der Waals surface area contributed by atoms with E-state index in [1.165, 1.54) is 25.6 Å². The average molecular weight is 252 g/mol. The van der Waals surface area contributed by atoms with Gasteiger partial charge in [0, 0.05) is 13.1 Å². The molecule has 17 heavy (non-hydrogen) atoms.